The number of aliphatic imine (C=N–C) groups is 2. The SMILES string of the molecule is CN=CC(=CN)C1=CNC2=CC=C(N=C(N)C=C(C=N)C3CCCCC3)NC2=C1. The molecule has 1 saturated carbocycles. The van der Waals surface area contributed by atoms with Crippen LogP contribution in [0.5, 0.6) is 0 Å². The molecule has 7 N–H and O–H groups in total. The first kappa shape index (κ1) is 20.4. The summed E-state index contributed by atoms with van der Waals surface area (Å²) in [6.45, 7) is 0. The Balaban J connectivity index is 1.76. The maximum absolute atomic E-state index is 7.75. The number of hydrogen-bond donors (Lipinski definition) is 5. The maximum atomic E-state index is 7.75. The van der Waals surface area contributed by atoms with Crippen LogP contribution in [-0.2, 0) is 0 Å². The van der Waals surface area contributed by atoms with Gasteiger partial charge in [-0.15, -0.1) is 0 Å². The first-order chi connectivity index (χ1) is 14.1. The molecule has 3 rings (SSSR count). The lowest BCUT2D eigenvalue weighted by molar-refractivity contribution is 0.412. The standard InChI is InChI=1S/C22H29N7/c1-26-13-18(12-24)17-9-20-19(27-14-17)7-8-22(28-20)29-21(25)10-16(11-23)15-5-3-2-4-6-15/h7-15,23,27-28H,2-6,24H2,1H3,(H2,25,29). The van der Waals surface area contributed by atoms with E-state index in [1.165, 1.54) is 31.7 Å². The molecule has 0 spiro atoms. The van der Waals surface area contributed by atoms with E-state index in [9.17, 15) is 0 Å². The summed E-state index contributed by atoms with van der Waals surface area (Å²) in [6.07, 6.45) is 20.1. The number of nitrogens with zero attached hydrogens (tertiary/aromatic N) is 2. The summed E-state index contributed by atoms with van der Waals surface area (Å²) in [6, 6.07) is 0. The lowest BCUT2D eigenvalue weighted by Gasteiger charge is -2.23. The third-order valence-electron chi connectivity index (χ3n) is 5.23. The van der Waals surface area contributed by atoms with Gasteiger partial charge in [0.25, 0.3) is 0 Å². The third kappa shape index (κ3) is 5.13. The maximum Gasteiger partial charge on any atom is 0.132 e. The number of nitrogens with one attached hydrogen (secondary N) is 3. The van der Waals surface area contributed by atoms with E-state index in [2.05, 4.69) is 20.6 Å². The minimum Gasteiger partial charge on any atom is -0.404 e. The summed E-state index contributed by atoms with van der Waals surface area (Å²) in [5, 5.41) is 14.3. The van der Waals surface area contributed by atoms with Gasteiger partial charge in [0.1, 0.15) is 11.7 Å². The Labute approximate surface area is 172 Å². The van der Waals surface area contributed by atoms with Crippen LogP contribution >= 0.6 is 0 Å². The fourth-order valence-corrected chi connectivity index (χ4v) is 3.73. The van der Waals surface area contributed by atoms with Gasteiger partial charge in [0.2, 0.25) is 0 Å². The summed E-state index contributed by atoms with van der Waals surface area (Å²) < 4.78 is 0. The molecule has 0 amide bonds. The summed E-state index contributed by atoms with van der Waals surface area (Å²) in [7, 11) is 1.71. The first-order valence-corrected chi connectivity index (χ1v) is 9.93. The minimum atomic E-state index is 0.394. The van der Waals surface area contributed by atoms with E-state index in [0.29, 0.717) is 17.6 Å². The molecule has 2 heterocycles. The zero-order chi connectivity index (χ0) is 20.6. The predicted octanol–water partition coefficient (Wildman–Crippen LogP) is 2.74. The Bertz CT molecular complexity index is 888. The van der Waals surface area contributed by atoms with Gasteiger partial charge in [-0.25, -0.2) is 4.99 Å². The van der Waals surface area contributed by atoms with Crippen molar-refractivity contribution in [3.63, 3.8) is 0 Å². The highest BCUT2D eigenvalue weighted by Crippen LogP contribution is 2.29. The molecule has 0 unspecified atom stereocenters. The molecule has 0 aromatic carbocycles. The number of rotatable bonds is 6. The van der Waals surface area contributed by atoms with E-state index in [4.69, 9.17) is 16.9 Å². The van der Waals surface area contributed by atoms with E-state index < -0.39 is 0 Å². The molecule has 7 nitrogen and oxygen atoms in total. The number of amidine groups is 1. The third-order valence-corrected chi connectivity index (χ3v) is 5.23. The molecule has 0 saturated heterocycles. The van der Waals surface area contributed by atoms with Crippen molar-refractivity contribution in [2.45, 2.75) is 32.1 Å². The van der Waals surface area contributed by atoms with Crippen molar-refractivity contribution < 1.29 is 0 Å². The average Bonchev–Trinajstić information content (AvgIpc) is 2.76. The molecule has 1 aliphatic carbocycles. The molecule has 0 radical (unpaired) electrons. The van der Waals surface area contributed by atoms with Crippen molar-refractivity contribution in [1.82, 2.24) is 10.6 Å². The molecule has 2 aliphatic heterocycles. The highest BCUT2D eigenvalue weighted by atomic mass is 15.1. The van der Waals surface area contributed by atoms with Gasteiger partial charge in [-0.3, -0.25) is 4.99 Å². The van der Waals surface area contributed by atoms with Gasteiger partial charge in [-0.05, 0) is 48.6 Å². The van der Waals surface area contributed by atoms with E-state index in [1.807, 2.05) is 30.5 Å². The number of nitrogens with two attached hydrogens (primary N) is 2. The van der Waals surface area contributed by atoms with Gasteiger partial charge in [0, 0.05) is 43.0 Å². The fraction of sp³-hybridized carbons (Fsp3) is 0.318. The van der Waals surface area contributed by atoms with Crippen LogP contribution in [0.15, 0.2) is 80.6 Å². The van der Waals surface area contributed by atoms with Gasteiger partial charge >= 0.3 is 0 Å². The normalized spacial score (nSPS) is 21.3. The minimum absolute atomic E-state index is 0.394. The smallest absolute Gasteiger partial charge is 0.132 e. The van der Waals surface area contributed by atoms with Crippen LogP contribution in [0.3, 0.4) is 0 Å². The van der Waals surface area contributed by atoms with E-state index in [0.717, 1.165) is 41.0 Å². The van der Waals surface area contributed by atoms with Crippen LogP contribution in [0.25, 0.3) is 0 Å². The van der Waals surface area contributed by atoms with Crippen LogP contribution in [0.2, 0.25) is 0 Å². The molecular weight excluding hydrogens is 362 g/mol. The van der Waals surface area contributed by atoms with Crippen LogP contribution in [0.1, 0.15) is 32.1 Å². The summed E-state index contributed by atoms with van der Waals surface area (Å²) in [4.78, 5) is 8.54. The van der Waals surface area contributed by atoms with Crippen molar-refractivity contribution in [2.75, 3.05) is 7.05 Å². The van der Waals surface area contributed by atoms with Crippen molar-refractivity contribution in [3.8, 4) is 0 Å². The Morgan fingerprint density at radius 2 is 2.00 bits per heavy atom. The lowest BCUT2D eigenvalue weighted by atomic mass is 9.84. The second-order valence-electron chi connectivity index (χ2n) is 7.23. The topological polar surface area (TPSA) is 125 Å². The van der Waals surface area contributed by atoms with Crippen LogP contribution < -0.4 is 22.1 Å². The second-order valence-corrected chi connectivity index (χ2v) is 7.23. The Hall–Kier alpha value is -3.35. The quantitative estimate of drug-likeness (QED) is 0.353. The summed E-state index contributed by atoms with van der Waals surface area (Å²) in [5.41, 5.74) is 16.4. The van der Waals surface area contributed by atoms with Crippen molar-refractivity contribution in [2.24, 2.45) is 27.4 Å². The molecule has 0 aromatic rings. The number of fused-ring (bicyclic) bond motifs is 1. The van der Waals surface area contributed by atoms with Crippen molar-refractivity contribution in [3.05, 3.63) is 70.6 Å². The molecule has 3 aliphatic rings. The second kappa shape index (κ2) is 9.73. The fourth-order valence-electron chi connectivity index (χ4n) is 3.73. The number of dihydropyridines is 2. The van der Waals surface area contributed by atoms with Crippen molar-refractivity contribution in [1.29, 1.82) is 5.41 Å². The average molecular weight is 392 g/mol. The van der Waals surface area contributed by atoms with E-state index >= 15 is 0 Å². The molecular formula is C22H29N7. The monoisotopic (exact) mass is 391 g/mol. The van der Waals surface area contributed by atoms with E-state index in [-0.39, 0.29) is 0 Å². The molecule has 152 valence electrons. The summed E-state index contributed by atoms with van der Waals surface area (Å²) >= 11 is 0. The molecule has 1 fully saturated rings. The largest absolute Gasteiger partial charge is 0.404 e. The van der Waals surface area contributed by atoms with Gasteiger partial charge < -0.3 is 27.5 Å². The van der Waals surface area contributed by atoms with Gasteiger partial charge in [0.05, 0.1) is 11.4 Å². The zero-order valence-corrected chi connectivity index (χ0v) is 16.8. The van der Waals surface area contributed by atoms with Crippen LogP contribution in [-0.4, -0.2) is 25.3 Å². The number of allylic oxidation sites excluding steroid dienone is 6. The molecule has 0 aromatic heterocycles. The van der Waals surface area contributed by atoms with E-state index in [1.54, 1.807) is 13.3 Å². The lowest BCUT2D eigenvalue weighted by Crippen LogP contribution is -2.27. The summed E-state index contributed by atoms with van der Waals surface area (Å²) in [5.74, 6) is 1.45. The molecule has 7 heteroatoms. The molecule has 29 heavy (non-hydrogen) atoms. The Kier molecular flexibility index (Phi) is 6.84. The predicted molar refractivity (Wildman–Crippen MR) is 120 cm³/mol. The Morgan fingerprint density at radius 3 is 2.69 bits per heavy atom. The van der Waals surface area contributed by atoms with Crippen LogP contribution in [0.4, 0.5) is 0 Å². The van der Waals surface area contributed by atoms with Crippen molar-refractivity contribution >= 4 is 18.3 Å². The Morgan fingerprint density at radius 1 is 1.21 bits per heavy atom. The van der Waals surface area contributed by atoms with Gasteiger partial charge in [-0.2, -0.15) is 0 Å². The van der Waals surface area contributed by atoms with Gasteiger partial charge in [0.15, 0.2) is 0 Å². The van der Waals surface area contributed by atoms with Gasteiger partial charge in [-0.1, -0.05) is 19.3 Å². The van der Waals surface area contributed by atoms with Crippen LogP contribution in [0, 0.1) is 11.3 Å². The molecule has 0 atom stereocenters. The highest BCUT2D eigenvalue weighted by Gasteiger charge is 2.18. The number of hydrogen-bond acceptors (Lipinski definition) is 6. The molecule has 0 bridgehead atoms. The first-order valence-electron chi connectivity index (χ1n) is 9.93. The zero-order valence-electron chi connectivity index (χ0n) is 16.8. The highest BCUT2D eigenvalue weighted by molar-refractivity contribution is 5.97.